The van der Waals surface area contributed by atoms with Crippen molar-refractivity contribution in [3.05, 3.63) is 35.9 Å². The van der Waals surface area contributed by atoms with Crippen molar-refractivity contribution in [3.63, 3.8) is 0 Å². The molecule has 2 aliphatic rings. The number of benzene rings is 1. The molecule has 128 valence electrons. The molecule has 5 atom stereocenters. The molecule has 0 unspecified atom stereocenters. The molecule has 1 aromatic rings. The zero-order valence-corrected chi connectivity index (χ0v) is 14.1. The second-order valence-corrected chi connectivity index (χ2v) is 6.88. The van der Waals surface area contributed by atoms with Crippen molar-refractivity contribution in [1.29, 1.82) is 0 Å². The van der Waals surface area contributed by atoms with E-state index in [0.717, 1.165) is 13.0 Å². The first-order valence-corrected chi connectivity index (χ1v) is 8.39. The molecule has 5 heteroatoms. The number of ether oxygens (including phenoxy) is 3. The summed E-state index contributed by atoms with van der Waals surface area (Å²) >= 11 is 0. The van der Waals surface area contributed by atoms with Crippen molar-refractivity contribution >= 4 is 0 Å². The Bertz CT molecular complexity index is 507. The number of hydrogen-bond donors (Lipinski definition) is 2. The van der Waals surface area contributed by atoms with Gasteiger partial charge in [-0.1, -0.05) is 30.3 Å². The van der Waals surface area contributed by atoms with Crippen molar-refractivity contribution in [2.75, 3.05) is 13.2 Å². The van der Waals surface area contributed by atoms with E-state index < -0.39 is 11.9 Å². The second kappa shape index (κ2) is 6.87. The molecule has 0 saturated carbocycles. The highest BCUT2D eigenvalue weighted by molar-refractivity contribution is 5.15. The highest BCUT2D eigenvalue weighted by Crippen LogP contribution is 2.32. The normalized spacial score (nSPS) is 36.4. The number of hydrogen-bond acceptors (Lipinski definition) is 5. The minimum atomic E-state index is -0.601. The Hall–Kier alpha value is -0.980. The van der Waals surface area contributed by atoms with Gasteiger partial charge in [0.15, 0.2) is 5.79 Å². The first-order chi connectivity index (χ1) is 11.0. The second-order valence-electron chi connectivity index (χ2n) is 6.88. The summed E-state index contributed by atoms with van der Waals surface area (Å²) < 4.78 is 17.4. The lowest BCUT2D eigenvalue weighted by Gasteiger charge is -2.23. The molecule has 1 aromatic carbocycles. The van der Waals surface area contributed by atoms with Crippen LogP contribution in [0.1, 0.15) is 26.3 Å². The molecule has 2 N–H and O–H groups in total. The molecule has 2 heterocycles. The standard InChI is InChI=1S/C18H27NO4/c1-12-15(19-10-9-13-7-5-4-6-8-13)16(20)17(22-12)14-11-21-18(2,3)23-14/h4-8,12,14-17,19-20H,9-11H2,1-3H3/t12-,14+,15-,16+,17+/m0/s1. The molecule has 2 aliphatic heterocycles. The van der Waals surface area contributed by atoms with Crippen LogP contribution in [0.15, 0.2) is 30.3 Å². The van der Waals surface area contributed by atoms with Gasteiger partial charge in [0.1, 0.15) is 18.3 Å². The number of nitrogens with one attached hydrogen (secondary N) is 1. The summed E-state index contributed by atoms with van der Waals surface area (Å²) in [5.41, 5.74) is 1.28. The Labute approximate surface area is 137 Å². The summed E-state index contributed by atoms with van der Waals surface area (Å²) in [6.07, 6.45) is -0.289. The third-order valence-electron chi connectivity index (χ3n) is 4.62. The topological polar surface area (TPSA) is 60.0 Å². The van der Waals surface area contributed by atoms with Gasteiger partial charge in [-0.05, 0) is 39.3 Å². The summed E-state index contributed by atoms with van der Waals surface area (Å²) in [5, 5.41) is 14.1. The van der Waals surface area contributed by atoms with Gasteiger partial charge in [-0.15, -0.1) is 0 Å². The van der Waals surface area contributed by atoms with Crippen LogP contribution < -0.4 is 5.32 Å². The Morgan fingerprint density at radius 1 is 1.26 bits per heavy atom. The molecule has 3 rings (SSSR count). The first kappa shape index (κ1) is 16.9. The van der Waals surface area contributed by atoms with Crippen molar-refractivity contribution in [3.8, 4) is 0 Å². The molecular weight excluding hydrogens is 294 g/mol. The lowest BCUT2D eigenvalue weighted by Crippen LogP contribution is -2.47. The maximum Gasteiger partial charge on any atom is 0.163 e. The van der Waals surface area contributed by atoms with Crippen LogP contribution >= 0.6 is 0 Å². The molecule has 0 amide bonds. The molecule has 2 saturated heterocycles. The summed E-state index contributed by atoms with van der Waals surface area (Å²) in [7, 11) is 0. The van der Waals surface area contributed by atoms with Crippen LogP contribution in [-0.4, -0.2) is 54.5 Å². The van der Waals surface area contributed by atoms with E-state index in [0.29, 0.717) is 6.61 Å². The van der Waals surface area contributed by atoms with Gasteiger partial charge in [0.05, 0.1) is 18.8 Å². The predicted molar refractivity (Wildman–Crippen MR) is 87.2 cm³/mol. The molecule has 0 aliphatic carbocycles. The highest BCUT2D eigenvalue weighted by atomic mass is 16.8. The van der Waals surface area contributed by atoms with E-state index in [1.165, 1.54) is 5.56 Å². The minimum Gasteiger partial charge on any atom is -0.389 e. The average molecular weight is 321 g/mol. The summed E-state index contributed by atoms with van der Waals surface area (Å²) in [5.74, 6) is -0.601. The maximum absolute atomic E-state index is 10.6. The van der Waals surface area contributed by atoms with Crippen molar-refractivity contribution in [1.82, 2.24) is 5.32 Å². The fraction of sp³-hybridized carbons (Fsp3) is 0.667. The van der Waals surface area contributed by atoms with Crippen LogP contribution in [0.2, 0.25) is 0 Å². The van der Waals surface area contributed by atoms with E-state index in [9.17, 15) is 5.11 Å². The summed E-state index contributed by atoms with van der Waals surface area (Å²) in [4.78, 5) is 0. The van der Waals surface area contributed by atoms with E-state index in [1.54, 1.807) is 0 Å². The van der Waals surface area contributed by atoms with Crippen molar-refractivity contribution in [2.45, 2.75) is 63.4 Å². The molecular formula is C18H27NO4. The van der Waals surface area contributed by atoms with Gasteiger partial charge in [-0.25, -0.2) is 0 Å². The van der Waals surface area contributed by atoms with Crippen molar-refractivity contribution in [2.24, 2.45) is 0 Å². The van der Waals surface area contributed by atoms with Gasteiger partial charge in [-0.2, -0.15) is 0 Å². The monoisotopic (exact) mass is 321 g/mol. The number of aliphatic hydroxyl groups is 1. The van der Waals surface area contributed by atoms with Gasteiger partial charge >= 0.3 is 0 Å². The highest BCUT2D eigenvalue weighted by Gasteiger charge is 2.49. The molecule has 0 bridgehead atoms. The summed E-state index contributed by atoms with van der Waals surface area (Å²) in [6, 6.07) is 10.2. The van der Waals surface area contributed by atoms with E-state index in [4.69, 9.17) is 14.2 Å². The lowest BCUT2D eigenvalue weighted by atomic mass is 10.0. The Morgan fingerprint density at radius 3 is 2.65 bits per heavy atom. The third-order valence-corrected chi connectivity index (χ3v) is 4.62. The molecule has 0 spiro atoms. The van der Waals surface area contributed by atoms with Crippen molar-refractivity contribution < 1.29 is 19.3 Å². The van der Waals surface area contributed by atoms with Crippen LogP contribution in [0.25, 0.3) is 0 Å². The summed E-state index contributed by atoms with van der Waals surface area (Å²) in [6.45, 7) is 7.02. The van der Waals surface area contributed by atoms with Crippen LogP contribution in [0.5, 0.6) is 0 Å². The van der Waals surface area contributed by atoms with E-state index >= 15 is 0 Å². The third kappa shape index (κ3) is 3.92. The SMILES string of the molecule is C[C@@H]1O[C@H]([C@H]2COC(C)(C)O2)[C@H](O)[C@H]1NCCc1ccccc1. The van der Waals surface area contributed by atoms with Gasteiger partial charge in [-0.3, -0.25) is 0 Å². The fourth-order valence-electron chi connectivity index (χ4n) is 3.39. The smallest absolute Gasteiger partial charge is 0.163 e. The molecule has 2 fully saturated rings. The largest absolute Gasteiger partial charge is 0.389 e. The average Bonchev–Trinajstić information content (AvgIpc) is 3.01. The Balaban J connectivity index is 1.52. The van der Waals surface area contributed by atoms with Gasteiger partial charge < -0.3 is 24.6 Å². The maximum atomic E-state index is 10.6. The van der Waals surface area contributed by atoms with Crippen LogP contribution in [0.3, 0.4) is 0 Å². The van der Waals surface area contributed by atoms with Crippen LogP contribution in [0, 0.1) is 0 Å². The van der Waals surface area contributed by atoms with E-state index in [-0.39, 0.29) is 24.4 Å². The molecule has 23 heavy (non-hydrogen) atoms. The van der Waals surface area contributed by atoms with Crippen LogP contribution in [0.4, 0.5) is 0 Å². The minimum absolute atomic E-state index is 0.0573. The zero-order valence-electron chi connectivity index (χ0n) is 14.1. The van der Waals surface area contributed by atoms with Crippen LogP contribution in [-0.2, 0) is 20.6 Å². The predicted octanol–water partition coefficient (Wildman–Crippen LogP) is 1.49. The van der Waals surface area contributed by atoms with E-state index in [1.807, 2.05) is 39.0 Å². The first-order valence-electron chi connectivity index (χ1n) is 8.39. The zero-order chi connectivity index (χ0) is 16.4. The molecule has 0 radical (unpaired) electrons. The fourth-order valence-corrected chi connectivity index (χ4v) is 3.39. The Morgan fingerprint density at radius 2 is 2.00 bits per heavy atom. The quantitative estimate of drug-likeness (QED) is 0.860. The lowest BCUT2D eigenvalue weighted by molar-refractivity contribution is -0.160. The Kier molecular flexibility index (Phi) is 5.04. The number of aliphatic hydroxyl groups excluding tert-OH is 1. The van der Waals surface area contributed by atoms with E-state index in [2.05, 4.69) is 17.4 Å². The molecule has 5 nitrogen and oxygen atoms in total. The number of rotatable bonds is 5. The molecule has 0 aromatic heterocycles. The van der Waals surface area contributed by atoms with Gasteiger partial charge in [0.25, 0.3) is 0 Å². The van der Waals surface area contributed by atoms with Gasteiger partial charge in [0.2, 0.25) is 0 Å². The van der Waals surface area contributed by atoms with Gasteiger partial charge in [0, 0.05) is 0 Å².